The van der Waals surface area contributed by atoms with Crippen molar-refractivity contribution in [3.8, 4) is 11.8 Å². The number of aromatic nitrogens is 1. The lowest BCUT2D eigenvalue weighted by Crippen LogP contribution is -1.87. The Hall–Kier alpha value is -1.48. The zero-order chi connectivity index (χ0) is 11.5. The van der Waals surface area contributed by atoms with Crippen molar-refractivity contribution in [2.75, 3.05) is 0 Å². The highest BCUT2D eigenvalue weighted by molar-refractivity contribution is 6.16. The molecular weight excluding hydrogens is 226 g/mol. The molecule has 0 saturated carbocycles. The van der Waals surface area contributed by atoms with Gasteiger partial charge in [0.1, 0.15) is 12.0 Å². The van der Waals surface area contributed by atoms with Crippen molar-refractivity contribution in [3.05, 3.63) is 41.3 Å². The Morgan fingerprint density at radius 3 is 2.75 bits per heavy atom. The number of benzene rings is 1. The first-order valence-corrected chi connectivity index (χ1v) is 5.48. The van der Waals surface area contributed by atoms with Crippen LogP contribution in [0, 0.1) is 13.8 Å². The second kappa shape index (κ2) is 4.58. The van der Waals surface area contributed by atoms with Crippen LogP contribution in [0.2, 0.25) is 0 Å². The molecule has 0 spiro atoms. The van der Waals surface area contributed by atoms with Crippen LogP contribution in [-0.2, 0) is 5.88 Å². The van der Waals surface area contributed by atoms with Gasteiger partial charge in [0, 0.05) is 0 Å². The van der Waals surface area contributed by atoms with Gasteiger partial charge in [0.05, 0.1) is 11.6 Å². The van der Waals surface area contributed by atoms with Crippen LogP contribution in [0.5, 0.6) is 11.8 Å². The summed E-state index contributed by atoms with van der Waals surface area (Å²) in [4.78, 5) is 4.06. The minimum absolute atomic E-state index is 0.221. The molecule has 1 aromatic carbocycles. The smallest absolute Gasteiger partial charge is 0.399 e. The number of aryl methyl sites for hydroxylation is 2. The van der Waals surface area contributed by atoms with Crippen molar-refractivity contribution in [2.45, 2.75) is 19.7 Å². The largest absolute Gasteiger partial charge is 0.417 e. The molecule has 3 nitrogen and oxygen atoms in total. The summed E-state index contributed by atoms with van der Waals surface area (Å²) in [5.41, 5.74) is 3.06. The van der Waals surface area contributed by atoms with Crippen LogP contribution in [0.15, 0.2) is 28.9 Å². The predicted octanol–water partition coefficient (Wildman–Crippen LogP) is 3.82. The highest BCUT2D eigenvalue weighted by Gasteiger charge is 2.06. The third-order valence-corrected chi connectivity index (χ3v) is 2.62. The Kier molecular flexibility index (Phi) is 3.15. The van der Waals surface area contributed by atoms with Gasteiger partial charge in [-0.2, -0.15) is 4.98 Å². The Bertz CT molecular complexity index is 494. The Labute approximate surface area is 99.0 Å². The van der Waals surface area contributed by atoms with Gasteiger partial charge in [0.25, 0.3) is 0 Å². The van der Waals surface area contributed by atoms with Gasteiger partial charge in [-0.15, -0.1) is 11.6 Å². The van der Waals surface area contributed by atoms with Crippen LogP contribution in [-0.4, -0.2) is 4.98 Å². The maximum Gasteiger partial charge on any atom is 0.399 e. The van der Waals surface area contributed by atoms with E-state index < -0.39 is 0 Å². The number of nitrogens with zero attached hydrogens (tertiary/aromatic N) is 1. The molecule has 84 valence electrons. The molecule has 2 rings (SSSR count). The fourth-order valence-corrected chi connectivity index (χ4v) is 1.40. The number of hydrogen-bond acceptors (Lipinski definition) is 3. The third-order valence-electron chi connectivity index (χ3n) is 2.35. The van der Waals surface area contributed by atoms with Crippen molar-refractivity contribution < 1.29 is 9.15 Å². The minimum atomic E-state index is 0.221. The van der Waals surface area contributed by atoms with E-state index in [0.29, 0.717) is 17.3 Å². The quantitative estimate of drug-likeness (QED) is 0.762. The van der Waals surface area contributed by atoms with Crippen molar-refractivity contribution >= 4 is 11.6 Å². The maximum atomic E-state index is 5.61. The van der Waals surface area contributed by atoms with Gasteiger partial charge in [-0.05, 0) is 37.1 Å². The molecule has 0 unspecified atom stereocenters. The molecule has 0 fully saturated rings. The maximum absolute atomic E-state index is 5.61. The van der Waals surface area contributed by atoms with Gasteiger partial charge in [-0.1, -0.05) is 6.07 Å². The molecule has 2 aromatic rings. The summed E-state index contributed by atoms with van der Waals surface area (Å²) in [7, 11) is 0. The van der Waals surface area contributed by atoms with Gasteiger partial charge in [0.15, 0.2) is 0 Å². The topological polar surface area (TPSA) is 35.3 Å². The molecule has 0 saturated heterocycles. The summed E-state index contributed by atoms with van der Waals surface area (Å²) in [6.45, 7) is 4.08. The van der Waals surface area contributed by atoms with E-state index in [0.717, 1.165) is 0 Å². The Morgan fingerprint density at radius 2 is 2.12 bits per heavy atom. The molecule has 0 aliphatic heterocycles. The number of rotatable bonds is 3. The van der Waals surface area contributed by atoms with Crippen LogP contribution in [0.1, 0.15) is 16.8 Å². The first-order valence-electron chi connectivity index (χ1n) is 4.94. The van der Waals surface area contributed by atoms with Gasteiger partial charge in [-0.25, -0.2) is 0 Å². The molecule has 1 heterocycles. The molecule has 0 bridgehead atoms. The molecule has 4 heteroatoms. The number of halogens is 1. The van der Waals surface area contributed by atoms with Gasteiger partial charge in [-0.3, -0.25) is 0 Å². The summed E-state index contributed by atoms with van der Waals surface area (Å²) in [5.74, 6) is 1.03. The summed E-state index contributed by atoms with van der Waals surface area (Å²) < 4.78 is 10.6. The second-order valence-electron chi connectivity index (χ2n) is 3.59. The SMILES string of the molecule is Cc1ccc(Oc2nc(CCl)co2)cc1C. The summed E-state index contributed by atoms with van der Waals surface area (Å²) in [5, 5.41) is 0. The van der Waals surface area contributed by atoms with E-state index in [4.69, 9.17) is 20.8 Å². The van der Waals surface area contributed by atoms with E-state index in [2.05, 4.69) is 11.9 Å². The molecule has 0 radical (unpaired) electrons. The zero-order valence-electron chi connectivity index (χ0n) is 9.16. The minimum Gasteiger partial charge on any atom is -0.417 e. The van der Waals surface area contributed by atoms with Crippen LogP contribution in [0.25, 0.3) is 0 Å². The lowest BCUT2D eigenvalue weighted by atomic mass is 10.1. The molecule has 0 amide bonds. The number of ether oxygens (including phenoxy) is 1. The monoisotopic (exact) mass is 237 g/mol. The summed E-state index contributed by atoms with van der Waals surface area (Å²) in [6.07, 6.45) is 1.71. The molecule has 1 aromatic heterocycles. The first-order chi connectivity index (χ1) is 7.69. The number of oxazole rings is 1. The van der Waals surface area contributed by atoms with Gasteiger partial charge >= 0.3 is 6.08 Å². The Morgan fingerprint density at radius 1 is 1.31 bits per heavy atom. The lowest BCUT2D eigenvalue weighted by Gasteiger charge is -2.03. The molecule has 0 aliphatic carbocycles. The van der Waals surface area contributed by atoms with E-state index >= 15 is 0 Å². The Balaban J connectivity index is 2.17. The molecule has 0 aliphatic rings. The summed E-state index contributed by atoms with van der Waals surface area (Å²) in [6, 6.07) is 5.82. The van der Waals surface area contributed by atoms with Gasteiger partial charge < -0.3 is 9.15 Å². The molecule has 0 N–H and O–H groups in total. The van der Waals surface area contributed by atoms with E-state index in [1.54, 1.807) is 0 Å². The standard InChI is InChI=1S/C12H12ClNO2/c1-8-3-4-11(5-9(8)2)16-12-14-10(6-13)7-15-12/h3-5,7H,6H2,1-2H3. The van der Waals surface area contributed by atoms with Crippen LogP contribution >= 0.6 is 11.6 Å². The van der Waals surface area contributed by atoms with E-state index in [-0.39, 0.29) is 6.08 Å². The van der Waals surface area contributed by atoms with Crippen LogP contribution < -0.4 is 4.74 Å². The average Bonchev–Trinajstić information content (AvgIpc) is 2.71. The van der Waals surface area contributed by atoms with Crippen molar-refractivity contribution in [3.63, 3.8) is 0 Å². The van der Waals surface area contributed by atoms with Crippen molar-refractivity contribution in [2.24, 2.45) is 0 Å². The first kappa shape index (κ1) is 11.0. The normalized spacial score (nSPS) is 10.4. The highest BCUT2D eigenvalue weighted by Crippen LogP contribution is 2.23. The number of hydrogen-bond donors (Lipinski definition) is 0. The van der Waals surface area contributed by atoms with E-state index in [1.807, 2.05) is 25.1 Å². The van der Waals surface area contributed by atoms with E-state index in [1.165, 1.54) is 17.4 Å². The zero-order valence-corrected chi connectivity index (χ0v) is 9.91. The summed E-state index contributed by atoms with van der Waals surface area (Å²) >= 11 is 5.61. The van der Waals surface area contributed by atoms with Crippen LogP contribution in [0.3, 0.4) is 0 Å². The van der Waals surface area contributed by atoms with E-state index in [9.17, 15) is 0 Å². The predicted molar refractivity (Wildman–Crippen MR) is 62.1 cm³/mol. The average molecular weight is 238 g/mol. The fraction of sp³-hybridized carbons (Fsp3) is 0.250. The lowest BCUT2D eigenvalue weighted by molar-refractivity contribution is 0.330. The van der Waals surface area contributed by atoms with Crippen molar-refractivity contribution in [1.29, 1.82) is 0 Å². The van der Waals surface area contributed by atoms with Crippen molar-refractivity contribution in [1.82, 2.24) is 4.98 Å². The molecule has 0 atom stereocenters. The number of alkyl halides is 1. The highest BCUT2D eigenvalue weighted by atomic mass is 35.5. The third kappa shape index (κ3) is 2.36. The second-order valence-corrected chi connectivity index (χ2v) is 3.85. The molecule has 16 heavy (non-hydrogen) atoms. The fourth-order valence-electron chi connectivity index (χ4n) is 1.27. The van der Waals surface area contributed by atoms with Crippen LogP contribution in [0.4, 0.5) is 0 Å². The van der Waals surface area contributed by atoms with Gasteiger partial charge in [0.2, 0.25) is 0 Å². The molecular formula is C12H12ClNO2.